The quantitative estimate of drug-likeness (QED) is 0.203. The smallest absolute Gasteiger partial charge is 0.338 e. The highest BCUT2D eigenvalue weighted by Gasteiger charge is 2.25. The molecule has 0 atom stereocenters. The number of esters is 1. The van der Waals surface area contributed by atoms with Gasteiger partial charge in [-0.05, 0) is 6.07 Å². The monoisotopic (exact) mass is 333 g/mol. The molecule has 0 fully saturated rings. The van der Waals surface area contributed by atoms with Crippen molar-refractivity contribution in [3.8, 4) is 18.2 Å². The average molecular weight is 333 g/mol. The summed E-state index contributed by atoms with van der Waals surface area (Å²) in [5.74, 6) is -0.460. The Balaban J connectivity index is 3.59. The SMILES string of the molecule is N#CC(=C=[N-])C(C(=O)c1ccccc1C(=O)OCCO)=C(C#N)C#N. The van der Waals surface area contributed by atoms with Gasteiger partial charge in [0.2, 0.25) is 0 Å². The third kappa shape index (κ3) is 4.25. The van der Waals surface area contributed by atoms with Gasteiger partial charge >= 0.3 is 5.97 Å². The average Bonchev–Trinajstić information content (AvgIpc) is 2.66. The van der Waals surface area contributed by atoms with Crippen molar-refractivity contribution in [2.75, 3.05) is 13.2 Å². The fourth-order valence-electron chi connectivity index (χ4n) is 1.84. The normalized spacial score (nSPS) is 8.72. The van der Waals surface area contributed by atoms with Crippen molar-refractivity contribution in [1.29, 1.82) is 15.8 Å². The molecular weight excluding hydrogens is 324 g/mol. The van der Waals surface area contributed by atoms with Gasteiger partial charge in [-0.1, -0.05) is 18.2 Å². The van der Waals surface area contributed by atoms with Crippen LogP contribution in [0, 0.1) is 34.0 Å². The molecule has 0 saturated carbocycles. The number of aliphatic hydroxyl groups is 1. The zero-order valence-corrected chi connectivity index (χ0v) is 12.7. The first-order chi connectivity index (χ1) is 12.0. The van der Waals surface area contributed by atoms with Gasteiger partial charge in [0.1, 0.15) is 30.4 Å². The number of nitriles is 3. The number of nitrogens with zero attached hydrogens (tertiary/aromatic N) is 4. The number of ether oxygens (including phenoxy) is 1. The molecule has 0 heterocycles. The largest absolute Gasteiger partial charge is 0.762 e. The minimum atomic E-state index is -1.01. The van der Waals surface area contributed by atoms with Crippen LogP contribution in [0.5, 0.6) is 0 Å². The molecule has 0 spiro atoms. The molecule has 8 heteroatoms. The second-order valence-electron chi connectivity index (χ2n) is 4.31. The maximum Gasteiger partial charge on any atom is 0.338 e. The van der Waals surface area contributed by atoms with Crippen LogP contribution in [0.3, 0.4) is 0 Å². The summed E-state index contributed by atoms with van der Waals surface area (Å²) in [6.45, 7) is -0.708. The number of carbonyl (C=O) groups excluding carboxylic acids is 2. The number of aliphatic hydroxyl groups excluding tert-OH is 1. The van der Waals surface area contributed by atoms with Gasteiger partial charge in [-0.2, -0.15) is 15.8 Å². The van der Waals surface area contributed by atoms with E-state index >= 15 is 0 Å². The minimum absolute atomic E-state index is 0.191. The Bertz CT molecular complexity index is 903. The molecule has 0 amide bonds. The van der Waals surface area contributed by atoms with Crippen molar-refractivity contribution in [3.63, 3.8) is 0 Å². The van der Waals surface area contributed by atoms with Gasteiger partial charge < -0.3 is 15.3 Å². The van der Waals surface area contributed by atoms with E-state index in [9.17, 15) is 9.59 Å². The van der Waals surface area contributed by atoms with Gasteiger partial charge in [0.15, 0.2) is 5.78 Å². The van der Waals surface area contributed by atoms with E-state index in [0.717, 1.165) is 0 Å². The summed E-state index contributed by atoms with van der Waals surface area (Å²) in [6, 6.07) is 9.75. The van der Waals surface area contributed by atoms with Crippen molar-refractivity contribution < 1.29 is 19.4 Å². The molecule has 1 N–H and O–H groups in total. The molecule has 0 unspecified atom stereocenters. The number of hydrogen-bond acceptors (Lipinski definition) is 7. The van der Waals surface area contributed by atoms with Crippen molar-refractivity contribution in [2.24, 2.45) is 0 Å². The molecule has 0 aliphatic rings. The van der Waals surface area contributed by atoms with Crippen LogP contribution in [-0.2, 0) is 4.74 Å². The zero-order valence-electron chi connectivity index (χ0n) is 12.7. The summed E-state index contributed by atoms with van der Waals surface area (Å²) in [6.07, 6.45) is 0. The maximum atomic E-state index is 12.7. The lowest BCUT2D eigenvalue weighted by atomic mass is 9.91. The van der Waals surface area contributed by atoms with E-state index in [4.69, 9.17) is 31.0 Å². The number of carbonyl (C=O) groups is 2. The summed E-state index contributed by atoms with van der Waals surface area (Å²) in [7, 11) is 0. The van der Waals surface area contributed by atoms with Crippen molar-refractivity contribution in [2.45, 2.75) is 0 Å². The van der Waals surface area contributed by atoms with E-state index in [1.54, 1.807) is 0 Å². The van der Waals surface area contributed by atoms with Gasteiger partial charge in [0.25, 0.3) is 0 Å². The molecule has 8 nitrogen and oxygen atoms in total. The molecule has 0 bridgehead atoms. The Morgan fingerprint density at radius 1 is 1.08 bits per heavy atom. The van der Waals surface area contributed by atoms with E-state index in [0.29, 0.717) is 0 Å². The highest BCUT2D eigenvalue weighted by molar-refractivity contribution is 6.19. The Kier molecular flexibility index (Phi) is 7.00. The molecule has 1 aromatic rings. The summed E-state index contributed by atoms with van der Waals surface area (Å²) < 4.78 is 4.75. The van der Waals surface area contributed by atoms with Gasteiger partial charge in [-0.15, -0.1) is 0 Å². The van der Waals surface area contributed by atoms with Crippen LogP contribution in [-0.4, -0.2) is 35.9 Å². The van der Waals surface area contributed by atoms with E-state index in [2.05, 4.69) is 0 Å². The first-order valence-electron chi connectivity index (χ1n) is 6.69. The second-order valence-corrected chi connectivity index (χ2v) is 4.31. The predicted molar refractivity (Wildman–Crippen MR) is 83.9 cm³/mol. The maximum absolute atomic E-state index is 12.7. The van der Waals surface area contributed by atoms with Gasteiger partial charge in [0, 0.05) is 5.56 Å². The zero-order chi connectivity index (χ0) is 18.8. The number of hydrogen-bond donors (Lipinski definition) is 1. The van der Waals surface area contributed by atoms with Crippen LogP contribution in [0.4, 0.5) is 0 Å². The van der Waals surface area contributed by atoms with E-state index < -0.39 is 35.1 Å². The summed E-state index contributed by atoms with van der Waals surface area (Å²) >= 11 is 0. The van der Waals surface area contributed by atoms with Crippen molar-refractivity contribution >= 4 is 17.6 Å². The van der Waals surface area contributed by atoms with Crippen LogP contribution in [0.25, 0.3) is 5.41 Å². The Morgan fingerprint density at radius 3 is 2.16 bits per heavy atom. The first-order valence-corrected chi connectivity index (χ1v) is 6.69. The standard InChI is InChI=1S/C17H9N4O4/c18-7-11(8-19)15(12(9-20)10-21)16(23)13-3-1-2-4-14(13)17(24)25-6-5-22/h1-4,22H,5-6H2/q-1. The van der Waals surface area contributed by atoms with Crippen LogP contribution in [0.2, 0.25) is 0 Å². The summed E-state index contributed by atoms with van der Waals surface area (Å²) in [5.41, 5.74) is -2.56. The Hall–Kier alpha value is -4.02. The van der Waals surface area contributed by atoms with Crippen molar-refractivity contribution in [1.82, 2.24) is 0 Å². The topological polar surface area (TPSA) is 157 Å². The minimum Gasteiger partial charge on any atom is -0.762 e. The lowest BCUT2D eigenvalue weighted by Gasteiger charge is -2.10. The van der Waals surface area contributed by atoms with Gasteiger partial charge in [0.05, 0.1) is 23.3 Å². The molecule has 0 saturated heterocycles. The Morgan fingerprint density at radius 2 is 1.68 bits per heavy atom. The van der Waals surface area contributed by atoms with Gasteiger partial charge in [-0.3, -0.25) is 4.79 Å². The molecule has 122 valence electrons. The first kappa shape index (κ1) is 19.0. The van der Waals surface area contributed by atoms with Gasteiger partial charge in [-0.25, -0.2) is 10.7 Å². The molecule has 0 aliphatic heterocycles. The number of rotatable bonds is 6. The molecule has 25 heavy (non-hydrogen) atoms. The van der Waals surface area contributed by atoms with E-state index in [-0.39, 0.29) is 17.7 Å². The lowest BCUT2D eigenvalue weighted by Crippen LogP contribution is -2.16. The number of ketones is 1. The second kappa shape index (κ2) is 9.19. The molecular formula is C17H9N4O4-. The highest BCUT2D eigenvalue weighted by atomic mass is 16.5. The summed E-state index contributed by atoms with van der Waals surface area (Å²) in [5, 5.41) is 44.7. The number of allylic oxidation sites excluding steroid dienone is 3. The fourth-order valence-corrected chi connectivity index (χ4v) is 1.84. The number of benzene rings is 1. The highest BCUT2D eigenvalue weighted by Crippen LogP contribution is 2.21. The molecule has 1 rings (SSSR count). The molecule has 0 aliphatic carbocycles. The molecule has 0 radical (unpaired) electrons. The third-order valence-electron chi connectivity index (χ3n) is 2.89. The van der Waals surface area contributed by atoms with Crippen LogP contribution in [0.1, 0.15) is 20.7 Å². The van der Waals surface area contributed by atoms with E-state index in [1.807, 2.05) is 0 Å². The van der Waals surface area contributed by atoms with E-state index in [1.165, 1.54) is 48.3 Å². The van der Waals surface area contributed by atoms with Crippen LogP contribution in [0.15, 0.2) is 41.0 Å². The van der Waals surface area contributed by atoms with Crippen molar-refractivity contribution in [3.05, 3.63) is 57.5 Å². The third-order valence-corrected chi connectivity index (χ3v) is 2.89. The number of Topliss-reactive ketones (excluding diaryl/α,β-unsaturated/α-hetero) is 1. The predicted octanol–water partition coefficient (Wildman–Crippen LogP) is 1.05. The summed E-state index contributed by atoms with van der Waals surface area (Å²) in [4.78, 5) is 24.7. The molecule has 0 aromatic heterocycles. The molecule has 1 aromatic carbocycles. The Labute approximate surface area is 142 Å². The lowest BCUT2D eigenvalue weighted by molar-refractivity contribution is 0.0431. The fraction of sp³-hybridized carbons (Fsp3) is 0.118. The van der Waals surface area contributed by atoms with Crippen LogP contribution >= 0.6 is 0 Å². The van der Waals surface area contributed by atoms with Crippen LogP contribution < -0.4 is 0 Å².